The van der Waals surface area contributed by atoms with Crippen LogP contribution in [-0.2, 0) is 24.9 Å². The van der Waals surface area contributed by atoms with E-state index in [4.69, 9.17) is 4.74 Å². The Bertz CT molecular complexity index is 886. The van der Waals surface area contributed by atoms with Gasteiger partial charge in [0, 0.05) is 46.0 Å². The van der Waals surface area contributed by atoms with Gasteiger partial charge in [0.2, 0.25) is 0 Å². The largest absolute Gasteiger partial charge is 0.376 e. The molecule has 1 aliphatic heterocycles. The van der Waals surface area contributed by atoms with Gasteiger partial charge in [-0.05, 0) is 64.5 Å². The third-order valence-electron chi connectivity index (χ3n) is 7.48. The lowest BCUT2D eigenvalue weighted by Crippen LogP contribution is -2.38. The molecular weight excluding hydrogens is 390 g/mol. The molecule has 0 amide bonds. The zero-order chi connectivity index (χ0) is 21.5. The van der Waals surface area contributed by atoms with Crippen molar-refractivity contribution in [3.63, 3.8) is 0 Å². The number of rotatable bonds is 8. The number of nitrogens with zero attached hydrogens (tertiary/aromatic N) is 7. The third-order valence-corrected chi connectivity index (χ3v) is 7.48. The fourth-order valence-corrected chi connectivity index (χ4v) is 5.42. The van der Waals surface area contributed by atoms with Crippen LogP contribution in [0.15, 0.2) is 12.4 Å². The molecule has 8 nitrogen and oxygen atoms in total. The van der Waals surface area contributed by atoms with Gasteiger partial charge < -0.3 is 14.2 Å². The molecule has 0 bridgehead atoms. The van der Waals surface area contributed by atoms with Gasteiger partial charge in [-0.2, -0.15) is 0 Å². The molecule has 0 aromatic carbocycles. The number of imidazole rings is 1. The average molecular weight is 428 g/mol. The molecule has 3 heterocycles. The fourth-order valence-electron chi connectivity index (χ4n) is 5.42. The van der Waals surface area contributed by atoms with Crippen molar-refractivity contribution in [3.05, 3.63) is 29.6 Å². The summed E-state index contributed by atoms with van der Waals surface area (Å²) in [7, 11) is 6.26. The number of ether oxygens (including phenoxy) is 1. The molecule has 2 aliphatic carbocycles. The number of hydrogen-bond donors (Lipinski definition) is 0. The summed E-state index contributed by atoms with van der Waals surface area (Å²) in [6.07, 6.45) is 9.34. The van der Waals surface area contributed by atoms with Crippen molar-refractivity contribution >= 4 is 0 Å². The van der Waals surface area contributed by atoms with E-state index in [0.29, 0.717) is 17.9 Å². The molecule has 3 fully saturated rings. The van der Waals surface area contributed by atoms with E-state index in [1.807, 2.05) is 6.20 Å². The highest BCUT2D eigenvalue weighted by Gasteiger charge is 2.44. The Morgan fingerprint density at radius 1 is 1.16 bits per heavy atom. The second-order valence-corrected chi connectivity index (χ2v) is 10.4. The maximum atomic E-state index is 6.52. The van der Waals surface area contributed by atoms with Crippen LogP contribution in [0.2, 0.25) is 0 Å². The van der Waals surface area contributed by atoms with E-state index in [1.165, 1.54) is 18.5 Å². The topological polar surface area (TPSA) is 64.2 Å². The molecule has 3 aliphatic rings. The lowest BCUT2D eigenvalue weighted by molar-refractivity contribution is -0.0375. The van der Waals surface area contributed by atoms with Crippen LogP contribution in [0.4, 0.5) is 0 Å². The zero-order valence-corrected chi connectivity index (χ0v) is 19.4. The van der Waals surface area contributed by atoms with Gasteiger partial charge in [-0.25, -0.2) is 9.67 Å². The van der Waals surface area contributed by atoms with Crippen LogP contribution in [0, 0.1) is 24.7 Å². The quantitative estimate of drug-likeness (QED) is 0.644. The molecule has 0 N–H and O–H groups in total. The van der Waals surface area contributed by atoms with Crippen LogP contribution in [0.1, 0.15) is 48.9 Å². The van der Waals surface area contributed by atoms with Crippen LogP contribution in [0.3, 0.4) is 0 Å². The smallest absolute Gasteiger partial charge is 0.105 e. The zero-order valence-electron chi connectivity index (χ0n) is 19.4. The van der Waals surface area contributed by atoms with Gasteiger partial charge in [0.1, 0.15) is 5.82 Å². The Balaban J connectivity index is 1.28. The van der Waals surface area contributed by atoms with Crippen molar-refractivity contribution in [2.24, 2.45) is 24.8 Å². The third kappa shape index (κ3) is 4.71. The van der Waals surface area contributed by atoms with Crippen molar-refractivity contribution in [1.82, 2.24) is 34.3 Å². The summed E-state index contributed by atoms with van der Waals surface area (Å²) in [4.78, 5) is 9.23. The first kappa shape index (κ1) is 21.1. The summed E-state index contributed by atoms with van der Waals surface area (Å²) in [5.41, 5.74) is 2.34. The summed E-state index contributed by atoms with van der Waals surface area (Å²) in [5.74, 6) is 3.27. The van der Waals surface area contributed by atoms with Gasteiger partial charge in [-0.3, -0.25) is 4.90 Å². The van der Waals surface area contributed by atoms with Crippen molar-refractivity contribution in [2.75, 3.05) is 33.8 Å². The van der Waals surface area contributed by atoms with Crippen molar-refractivity contribution in [1.29, 1.82) is 0 Å². The minimum atomic E-state index is 0.245. The second kappa shape index (κ2) is 8.64. The summed E-state index contributed by atoms with van der Waals surface area (Å²) >= 11 is 0. The Labute approximate surface area is 185 Å². The molecule has 0 radical (unpaired) electrons. The van der Waals surface area contributed by atoms with Crippen molar-refractivity contribution in [2.45, 2.75) is 57.8 Å². The standard InChI is InChI=1S/C23H37N7O/c1-16-24-9-21(28(16)4)14-29-10-18-7-22(30-13-20(25-26-30)12-27(2)3)23(8-19(18)11-29)31-15-17-5-6-17/h9,13,17-19,22-23H,5-8,10-12,14-15H2,1-4H3/t18-,19+,22-,23-/m1/s1. The van der Waals surface area contributed by atoms with E-state index < -0.39 is 0 Å². The molecule has 0 unspecified atom stereocenters. The van der Waals surface area contributed by atoms with Gasteiger partial charge in [-0.1, -0.05) is 5.21 Å². The lowest BCUT2D eigenvalue weighted by atomic mass is 9.77. The first-order valence-electron chi connectivity index (χ1n) is 11.8. The van der Waals surface area contributed by atoms with Crippen molar-refractivity contribution < 1.29 is 4.74 Å². The fraction of sp³-hybridized carbons (Fsp3) is 0.783. The normalized spacial score (nSPS) is 29.1. The molecule has 5 rings (SSSR count). The van der Waals surface area contributed by atoms with E-state index in [-0.39, 0.29) is 6.10 Å². The molecule has 2 aromatic rings. The summed E-state index contributed by atoms with van der Waals surface area (Å²) in [6.45, 7) is 7.11. The minimum Gasteiger partial charge on any atom is -0.376 e. The van der Waals surface area contributed by atoms with Crippen LogP contribution >= 0.6 is 0 Å². The molecule has 31 heavy (non-hydrogen) atoms. The van der Waals surface area contributed by atoms with Gasteiger partial charge in [0.15, 0.2) is 0 Å². The van der Waals surface area contributed by atoms with Crippen molar-refractivity contribution in [3.8, 4) is 0 Å². The van der Waals surface area contributed by atoms with E-state index in [2.05, 4.69) is 68.6 Å². The van der Waals surface area contributed by atoms with E-state index in [9.17, 15) is 0 Å². The molecule has 4 atom stereocenters. The van der Waals surface area contributed by atoms with E-state index in [0.717, 1.165) is 63.1 Å². The summed E-state index contributed by atoms with van der Waals surface area (Å²) < 4.78 is 10.8. The molecular formula is C23H37N7O. The van der Waals surface area contributed by atoms with Gasteiger partial charge in [-0.15, -0.1) is 5.10 Å². The molecule has 2 saturated carbocycles. The number of likely N-dealkylation sites (tertiary alicyclic amines) is 1. The molecule has 8 heteroatoms. The lowest BCUT2D eigenvalue weighted by Gasteiger charge is -2.37. The van der Waals surface area contributed by atoms with Crippen LogP contribution in [0.25, 0.3) is 0 Å². The highest BCUT2D eigenvalue weighted by atomic mass is 16.5. The highest BCUT2D eigenvalue weighted by Crippen LogP contribution is 2.43. The van der Waals surface area contributed by atoms with E-state index in [1.54, 1.807) is 0 Å². The SMILES string of the molecule is Cc1ncc(CN2C[C@H]3C[C@@H](n4cc(CN(C)C)nn4)[C@H](OCC4CC4)C[C@H]3C2)n1C. The Morgan fingerprint density at radius 3 is 2.61 bits per heavy atom. The second-order valence-electron chi connectivity index (χ2n) is 10.4. The number of fused-ring (bicyclic) bond motifs is 1. The first-order chi connectivity index (χ1) is 15.0. The number of aryl methyl sites for hydroxylation is 1. The minimum absolute atomic E-state index is 0.245. The Morgan fingerprint density at radius 2 is 1.94 bits per heavy atom. The highest BCUT2D eigenvalue weighted by molar-refractivity contribution is 5.05. The van der Waals surface area contributed by atoms with Gasteiger partial charge >= 0.3 is 0 Å². The number of aromatic nitrogens is 5. The Kier molecular flexibility index (Phi) is 5.88. The molecule has 0 spiro atoms. The maximum Gasteiger partial charge on any atom is 0.105 e. The van der Waals surface area contributed by atoms with Crippen LogP contribution in [-0.4, -0.2) is 74.2 Å². The first-order valence-corrected chi connectivity index (χ1v) is 11.8. The predicted octanol–water partition coefficient (Wildman–Crippen LogP) is 2.26. The summed E-state index contributed by atoms with van der Waals surface area (Å²) in [5, 5.41) is 8.97. The molecule has 2 aromatic heterocycles. The monoisotopic (exact) mass is 427 g/mol. The van der Waals surface area contributed by atoms with Gasteiger partial charge in [0.05, 0.1) is 29.7 Å². The van der Waals surface area contributed by atoms with E-state index >= 15 is 0 Å². The predicted molar refractivity (Wildman–Crippen MR) is 118 cm³/mol. The maximum absolute atomic E-state index is 6.52. The Hall–Kier alpha value is -1.77. The molecule has 170 valence electrons. The molecule has 1 saturated heterocycles. The van der Waals surface area contributed by atoms with Gasteiger partial charge in [0.25, 0.3) is 0 Å². The van der Waals surface area contributed by atoms with Crippen LogP contribution in [0.5, 0.6) is 0 Å². The summed E-state index contributed by atoms with van der Waals surface area (Å²) in [6, 6.07) is 0.294. The number of hydrogen-bond acceptors (Lipinski definition) is 6. The van der Waals surface area contributed by atoms with Crippen LogP contribution < -0.4 is 0 Å². The average Bonchev–Trinajstić information content (AvgIpc) is 3.18.